The summed E-state index contributed by atoms with van der Waals surface area (Å²) in [6, 6.07) is 3.08. The monoisotopic (exact) mass is 231 g/mol. The first-order valence-electron chi connectivity index (χ1n) is 4.12. The molecule has 0 amide bonds. The zero-order valence-corrected chi connectivity index (χ0v) is 7.62. The Morgan fingerprint density at radius 2 is 2.00 bits per heavy atom. The third-order valence-electron chi connectivity index (χ3n) is 2.07. The van der Waals surface area contributed by atoms with Crippen molar-refractivity contribution in [3.8, 4) is 0 Å². The van der Waals surface area contributed by atoms with Gasteiger partial charge >= 0.3 is 6.18 Å². The Kier molecular flexibility index (Phi) is 2.11. The summed E-state index contributed by atoms with van der Waals surface area (Å²) in [4.78, 5) is 9.66. The molecule has 1 aromatic heterocycles. The van der Waals surface area contributed by atoms with Gasteiger partial charge in [-0.25, -0.2) is 0 Å². The highest BCUT2D eigenvalue weighted by atomic mass is 19.4. The lowest BCUT2D eigenvalue weighted by Gasteiger charge is -2.02. The van der Waals surface area contributed by atoms with Gasteiger partial charge in [0.05, 0.1) is 4.92 Å². The maximum absolute atomic E-state index is 12.5. The number of nitro benzene ring substituents is 1. The van der Waals surface area contributed by atoms with Crippen LogP contribution in [0.5, 0.6) is 0 Å². The molecule has 7 heteroatoms. The minimum Gasteiger partial charge on any atom is -0.464 e. The lowest BCUT2D eigenvalue weighted by molar-refractivity contribution is -0.384. The molecule has 0 bridgehead atoms. The van der Waals surface area contributed by atoms with Crippen LogP contribution in [0.3, 0.4) is 0 Å². The highest BCUT2D eigenvalue weighted by Crippen LogP contribution is 2.37. The van der Waals surface area contributed by atoms with E-state index in [1.807, 2.05) is 0 Å². The number of hydrogen-bond acceptors (Lipinski definition) is 3. The average molecular weight is 231 g/mol. The fourth-order valence-electron chi connectivity index (χ4n) is 1.35. The summed E-state index contributed by atoms with van der Waals surface area (Å²) in [6.45, 7) is 0. The molecule has 0 atom stereocenters. The van der Waals surface area contributed by atoms with Crippen LogP contribution in [0.4, 0.5) is 18.9 Å². The largest absolute Gasteiger partial charge is 0.464 e. The predicted octanol–water partition coefficient (Wildman–Crippen LogP) is 3.36. The molecule has 16 heavy (non-hydrogen) atoms. The van der Waals surface area contributed by atoms with Crippen molar-refractivity contribution in [1.29, 1.82) is 0 Å². The molecule has 0 saturated carbocycles. The maximum atomic E-state index is 12.5. The van der Waals surface area contributed by atoms with E-state index in [4.69, 9.17) is 0 Å². The SMILES string of the molecule is O=[N+]([O-])c1ccc2occ(C(F)(F)F)c2c1. The molecule has 0 aliphatic carbocycles. The van der Waals surface area contributed by atoms with E-state index >= 15 is 0 Å². The number of nitro groups is 1. The van der Waals surface area contributed by atoms with Gasteiger partial charge in [0, 0.05) is 17.5 Å². The molecule has 0 fully saturated rings. The maximum Gasteiger partial charge on any atom is 0.420 e. The second-order valence-corrected chi connectivity index (χ2v) is 3.08. The number of hydrogen-bond donors (Lipinski definition) is 0. The van der Waals surface area contributed by atoms with Gasteiger partial charge in [-0.1, -0.05) is 0 Å². The van der Waals surface area contributed by atoms with E-state index in [-0.39, 0.29) is 11.0 Å². The van der Waals surface area contributed by atoms with Crippen molar-refractivity contribution in [3.05, 3.63) is 40.1 Å². The van der Waals surface area contributed by atoms with Crippen molar-refractivity contribution in [1.82, 2.24) is 0 Å². The molecule has 1 aromatic carbocycles. The molecule has 2 rings (SSSR count). The molecule has 0 aliphatic rings. The second-order valence-electron chi connectivity index (χ2n) is 3.08. The van der Waals surface area contributed by atoms with Crippen molar-refractivity contribution in [2.75, 3.05) is 0 Å². The first-order chi connectivity index (χ1) is 7.39. The number of furan rings is 1. The van der Waals surface area contributed by atoms with Crippen LogP contribution in [-0.4, -0.2) is 4.92 Å². The molecule has 0 unspecified atom stereocenters. The van der Waals surface area contributed by atoms with Crippen molar-refractivity contribution in [2.24, 2.45) is 0 Å². The Balaban J connectivity index is 2.70. The molecular formula is C9H4F3NO3. The zero-order chi connectivity index (χ0) is 11.9. The summed E-state index contributed by atoms with van der Waals surface area (Å²) in [7, 11) is 0. The number of nitrogens with zero attached hydrogens (tertiary/aromatic N) is 1. The number of fused-ring (bicyclic) bond motifs is 1. The molecule has 0 spiro atoms. The number of rotatable bonds is 1. The Labute approximate surface area is 86.4 Å². The van der Waals surface area contributed by atoms with Crippen LogP contribution < -0.4 is 0 Å². The normalized spacial score (nSPS) is 11.9. The minimum atomic E-state index is -4.58. The average Bonchev–Trinajstić information content (AvgIpc) is 2.58. The lowest BCUT2D eigenvalue weighted by atomic mass is 10.1. The Morgan fingerprint density at radius 1 is 1.31 bits per heavy atom. The van der Waals surface area contributed by atoms with Gasteiger partial charge in [-0.3, -0.25) is 10.1 Å². The minimum absolute atomic E-state index is 0.0297. The molecule has 0 aliphatic heterocycles. The van der Waals surface area contributed by atoms with Gasteiger partial charge in [0.25, 0.3) is 5.69 Å². The standard InChI is InChI=1S/C9H4F3NO3/c10-9(11,12)7-4-16-8-2-1-5(13(14)15)3-6(7)8/h1-4H. The van der Waals surface area contributed by atoms with Gasteiger partial charge in [-0.2, -0.15) is 13.2 Å². The fraction of sp³-hybridized carbons (Fsp3) is 0.111. The van der Waals surface area contributed by atoms with Crippen LogP contribution in [0.25, 0.3) is 11.0 Å². The van der Waals surface area contributed by atoms with E-state index in [0.29, 0.717) is 6.26 Å². The van der Waals surface area contributed by atoms with E-state index in [2.05, 4.69) is 4.42 Å². The van der Waals surface area contributed by atoms with Gasteiger partial charge in [0.2, 0.25) is 0 Å². The van der Waals surface area contributed by atoms with E-state index in [0.717, 1.165) is 18.2 Å². The lowest BCUT2D eigenvalue weighted by Crippen LogP contribution is -2.03. The van der Waals surface area contributed by atoms with Gasteiger partial charge in [0.1, 0.15) is 17.4 Å². The predicted molar refractivity (Wildman–Crippen MR) is 47.9 cm³/mol. The number of benzene rings is 1. The van der Waals surface area contributed by atoms with Crippen LogP contribution in [0.15, 0.2) is 28.9 Å². The van der Waals surface area contributed by atoms with Crippen LogP contribution in [0.2, 0.25) is 0 Å². The number of halogens is 3. The third kappa shape index (κ3) is 1.60. The smallest absolute Gasteiger partial charge is 0.420 e. The zero-order valence-electron chi connectivity index (χ0n) is 7.62. The quantitative estimate of drug-likeness (QED) is 0.558. The summed E-state index contributed by atoms with van der Waals surface area (Å²) in [5, 5.41) is 10.1. The number of non-ortho nitro benzene ring substituents is 1. The highest BCUT2D eigenvalue weighted by molar-refractivity contribution is 5.83. The number of alkyl halides is 3. The fourth-order valence-corrected chi connectivity index (χ4v) is 1.35. The Bertz CT molecular complexity index is 559. The van der Waals surface area contributed by atoms with E-state index in [1.165, 1.54) is 0 Å². The first kappa shape index (κ1) is 10.5. The highest BCUT2D eigenvalue weighted by Gasteiger charge is 2.35. The molecular weight excluding hydrogens is 227 g/mol. The van der Waals surface area contributed by atoms with E-state index < -0.39 is 22.4 Å². The summed E-state index contributed by atoms with van der Waals surface area (Å²) in [5.74, 6) is 0. The third-order valence-corrected chi connectivity index (χ3v) is 2.07. The Morgan fingerprint density at radius 3 is 2.56 bits per heavy atom. The second kappa shape index (κ2) is 3.22. The van der Waals surface area contributed by atoms with Gasteiger partial charge in [-0.05, 0) is 6.07 Å². The molecule has 0 saturated heterocycles. The topological polar surface area (TPSA) is 56.3 Å². The molecule has 1 heterocycles. The molecule has 4 nitrogen and oxygen atoms in total. The summed E-state index contributed by atoms with van der Waals surface area (Å²) < 4.78 is 42.0. The van der Waals surface area contributed by atoms with E-state index in [1.54, 1.807) is 0 Å². The first-order valence-corrected chi connectivity index (χ1v) is 4.12. The summed E-state index contributed by atoms with van der Waals surface area (Å²) in [5.41, 5.74) is -1.44. The van der Waals surface area contributed by atoms with Gasteiger partial charge < -0.3 is 4.42 Å². The summed E-state index contributed by atoms with van der Waals surface area (Å²) >= 11 is 0. The molecule has 2 aromatic rings. The van der Waals surface area contributed by atoms with Gasteiger partial charge in [0.15, 0.2) is 0 Å². The van der Waals surface area contributed by atoms with E-state index in [9.17, 15) is 23.3 Å². The van der Waals surface area contributed by atoms with Crippen molar-refractivity contribution in [2.45, 2.75) is 6.18 Å². The van der Waals surface area contributed by atoms with Crippen molar-refractivity contribution < 1.29 is 22.5 Å². The molecule has 0 N–H and O–H groups in total. The van der Waals surface area contributed by atoms with Crippen LogP contribution in [-0.2, 0) is 6.18 Å². The molecule has 0 radical (unpaired) electrons. The van der Waals surface area contributed by atoms with Crippen LogP contribution in [0.1, 0.15) is 5.56 Å². The van der Waals surface area contributed by atoms with Crippen LogP contribution >= 0.6 is 0 Å². The van der Waals surface area contributed by atoms with Gasteiger partial charge in [-0.15, -0.1) is 0 Å². The molecule has 84 valence electrons. The Hall–Kier alpha value is -2.05. The van der Waals surface area contributed by atoms with Crippen molar-refractivity contribution in [3.63, 3.8) is 0 Å². The summed E-state index contributed by atoms with van der Waals surface area (Å²) in [6.07, 6.45) is -4.03. The van der Waals surface area contributed by atoms with Crippen LogP contribution in [0, 0.1) is 10.1 Å². The van der Waals surface area contributed by atoms with Crippen molar-refractivity contribution >= 4 is 16.7 Å².